The van der Waals surface area contributed by atoms with Crippen LogP contribution in [0, 0.1) is 0 Å². The summed E-state index contributed by atoms with van der Waals surface area (Å²) in [5, 5.41) is 0. The van der Waals surface area contributed by atoms with Crippen LogP contribution in [0.15, 0.2) is 31.0 Å². The summed E-state index contributed by atoms with van der Waals surface area (Å²) in [5.74, 6) is 1.14. The van der Waals surface area contributed by atoms with E-state index in [0.29, 0.717) is 6.04 Å². The normalized spacial score (nSPS) is 16.8. The van der Waals surface area contributed by atoms with Gasteiger partial charge < -0.3 is 4.57 Å². The molecule has 1 fully saturated rings. The maximum absolute atomic E-state index is 4.48. The fourth-order valence-electron chi connectivity index (χ4n) is 2.29. The molecule has 2 heterocycles. The third-order valence-electron chi connectivity index (χ3n) is 3.77. The molecule has 19 heavy (non-hydrogen) atoms. The van der Waals surface area contributed by atoms with Crippen molar-refractivity contribution < 1.29 is 0 Å². The van der Waals surface area contributed by atoms with Gasteiger partial charge in [-0.1, -0.05) is 0 Å². The van der Waals surface area contributed by atoms with E-state index in [4.69, 9.17) is 0 Å². The molecule has 1 aliphatic rings. The Kier molecular flexibility index (Phi) is 3.29. The maximum Gasteiger partial charge on any atom is 0.123 e. The fourth-order valence-corrected chi connectivity index (χ4v) is 2.29. The van der Waals surface area contributed by atoms with E-state index in [1.807, 2.05) is 12.3 Å². The van der Waals surface area contributed by atoms with E-state index in [1.54, 1.807) is 12.5 Å². The zero-order valence-corrected chi connectivity index (χ0v) is 11.4. The fraction of sp³-hybridized carbons (Fsp3) is 0.500. The summed E-state index contributed by atoms with van der Waals surface area (Å²) in [6.45, 7) is 3.00. The van der Waals surface area contributed by atoms with Crippen LogP contribution in [0.4, 0.5) is 0 Å². The van der Waals surface area contributed by atoms with Crippen molar-refractivity contribution in [3.8, 4) is 0 Å². The third kappa shape index (κ3) is 2.66. The summed E-state index contributed by atoms with van der Waals surface area (Å²) in [4.78, 5) is 15.0. The zero-order valence-electron chi connectivity index (χ0n) is 11.4. The zero-order chi connectivity index (χ0) is 13.2. The molecule has 0 aliphatic heterocycles. The second-order valence-corrected chi connectivity index (χ2v) is 5.21. The van der Waals surface area contributed by atoms with Gasteiger partial charge in [0.05, 0.1) is 12.2 Å². The number of nitrogens with zero attached hydrogens (tertiary/aromatic N) is 5. The molecule has 5 nitrogen and oxygen atoms in total. The summed E-state index contributed by atoms with van der Waals surface area (Å²) in [6, 6.07) is 2.90. The van der Waals surface area contributed by atoms with Crippen LogP contribution in [0.25, 0.3) is 0 Å². The number of aromatic nitrogens is 4. The van der Waals surface area contributed by atoms with Crippen molar-refractivity contribution in [2.45, 2.75) is 38.4 Å². The van der Waals surface area contributed by atoms with Gasteiger partial charge >= 0.3 is 0 Å². The molecule has 0 spiro atoms. The lowest BCUT2D eigenvalue weighted by molar-refractivity contribution is 0.239. The molecular formula is C14H19N5. The first-order chi connectivity index (χ1) is 9.25. The molecule has 0 bridgehead atoms. The van der Waals surface area contributed by atoms with Gasteiger partial charge in [0, 0.05) is 30.7 Å². The van der Waals surface area contributed by atoms with Crippen LogP contribution in [-0.4, -0.2) is 31.5 Å². The van der Waals surface area contributed by atoms with Gasteiger partial charge in [-0.05, 0) is 32.9 Å². The minimum absolute atomic E-state index is 0.257. The van der Waals surface area contributed by atoms with Crippen molar-refractivity contribution in [1.29, 1.82) is 0 Å². The Balaban J connectivity index is 1.70. The summed E-state index contributed by atoms with van der Waals surface area (Å²) < 4.78 is 2.31. The second-order valence-electron chi connectivity index (χ2n) is 5.21. The summed E-state index contributed by atoms with van der Waals surface area (Å²) in [7, 11) is 2.11. The summed E-state index contributed by atoms with van der Waals surface area (Å²) >= 11 is 0. The molecule has 0 N–H and O–H groups in total. The molecule has 0 saturated heterocycles. The van der Waals surface area contributed by atoms with Crippen LogP contribution < -0.4 is 0 Å². The minimum atomic E-state index is 0.257. The van der Waals surface area contributed by atoms with Gasteiger partial charge in [0.2, 0.25) is 0 Å². The first kappa shape index (κ1) is 12.3. The maximum atomic E-state index is 4.48. The highest BCUT2D eigenvalue weighted by Crippen LogP contribution is 2.35. The van der Waals surface area contributed by atoms with Crippen LogP contribution in [-0.2, 0) is 6.54 Å². The Labute approximate surface area is 113 Å². The topological polar surface area (TPSA) is 46.8 Å². The Hall–Kier alpha value is -1.75. The van der Waals surface area contributed by atoms with Gasteiger partial charge in [0.25, 0.3) is 0 Å². The monoisotopic (exact) mass is 257 g/mol. The first-order valence-electron chi connectivity index (χ1n) is 6.73. The molecule has 1 aliphatic carbocycles. The molecule has 2 aromatic heterocycles. The lowest BCUT2D eigenvalue weighted by Crippen LogP contribution is -2.24. The molecule has 5 heteroatoms. The number of rotatable bonds is 5. The smallest absolute Gasteiger partial charge is 0.123 e. The van der Waals surface area contributed by atoms with Crippen LogP contribution in [0.1, 0.15) is 43.4 Å². The summed E-state index contributed by atoms with van der Waals surface area (Å²) in [6.07, 6.45) is 9.96. The van der Waals surface area contributed by atoms with Crippen LogP contribution >= 0.6 is 0 Å². The van der Waals surface area contributed by atoms with Crippen LogP contribution in [0.5, 0.6) is 0 Å². The first-order valence-corrected chi connectivity index (χ1v) is 6.73. The number of hydrogen-bond donors (Lipinski definition) is 0. The lowest BCUT2D eigenvalue weighted by atomic mass is 10.2. The quantitative estimate of drug-likeness (QED) is 0.824. The Morgan fingerprint density at radius 3 is 2.89 bits per heavy atom. The van der Waals surface area contributed by atoms with Gasteiger partial charge in [0.15, 0.2) is 0 Å². The van der Waals surface area contributed by atoms with E-state index in [0.717, 1.165) is 18.1 Å². The molecule has 0 amide bonds. The molecule has 1 saturated carbocycles. The minimum Gasteiger partial charge on any atom is -0.331 e. The number of hydrogen-bond acceptors (Lipinski definition) is 4. The van der Waals surface area contributed by atoms with Gasteiger partial charge in [-0.2, -0.15) is 0 Å². The molecule has 0 radical (unpaired) electrons. The van der Waals surface area contributed by atoms with Crippen molar-refractivity contribution in [3.63, 3.8) is 0 Å². The number of imidazole rings is 1. The SMILES string of the molecule is C[C@@H](c1ccncn1)N(C)Cc1nccn1C1CC1. The van der Waals surface area contributed by atoms with Crippen molar-refractivity contribution in [3.05, 3.63) is 42.5 Å². The third-order valence-corrected chi connectivity index (χ3v) is 3.77. The van der Waals surface area contributed by atoms with Gasteiger partial charge in [-0.15, -0.1) is 0 Å². The van der Waals surface area contributed by atoms with E-state index in [9.17, 15) is 0 Å². The molecule has 0 unspecified atom stereocenters. The lowest BCUT2D eigenvalue weighted by Gasteiger charge is -2.24. The van der Waals surface area contributed by atoms with E-state index in [1.165, 1.54) is 12.8 Å². The molecule has 100 valence electrons. The van der Waals surface area contributed by atoms with Gasteiger partial charge in [0.1, 0.15) is 12.2 Å². The van der Waals surface area contributed by atoms with Crippen molar-refractivity contribution in [1.82, 2.24) is 24.4 Å². The molecular weight excluding hydrogens is 238 g/mol. The predicted molar refractivity (Wildman–Crippen MR) is 72.4 cm³/mol. The molecule has 3 rings (SSSR count). The average Bonchev–Trinajstić information content (AvgIpc) is 3.19. The van der Waals surface area contributed by atoms with Gasteiger partial charge in [-0.25, -0.2) is 15.0 Å². The highest BCUT2D eigenvalue weighted by atomic mass is 15.2. The highest BCUT2D eigenvalue weighted by molar-refractivity contribution is 5.05. The largest absolute Gasteiger partial charge is 0.331 e. The van der Waals surface area contributed by atoms with E-state index in [-0.39, 0.29) is 6.04 Å². The van der Waals surface area contributed by atoms with E-state index in [2.05, 4.69) is 44.6 Å². The van der Waals surface area contributed by atoms with Crippen LogP contribution in [0.2, 0.25) is 0 Å². The Bertz CT molecular complexity index is 532. The molecule has 1 atom stereocenters. The van der Waals surface area contributed by atoms with Crippen molar-refractivity contribution >= 4 is 0 Å². The van der Waals surface area contributed by atoms with E-state index < -0.39 is 0 Å². The van der Waals surface area contributed by atoms with E-state index >= 15 is 0 Å². The van der Waals surface area contributed by atoms with Crippen molar-refractivity contribution in [2.24, 2.45) is 0 Å². The predicted octanol–water partition coefficient (Wildman–Crippen LogP) is 2.20. The highest BCUT2D eigenvalue weighted by Gasteiger charge is 2.26. The van der Waals surface area contributed by atoms with Gasteiger partial charge in [-0.3, -0.25) is 4.90 Å². The second kappa shape index (κ2) is 5.09. The molecule has 0 aromatic carbocycles. The Morgan fingerprint density at radius 2 is 2.21 bits per heavy atom. The average molecular weight is 257 g/mol. The molecule has 2 aromatic rings. The standard InChI is InChI=1S/C14H19N5/c1-11(13-5-6-15-10-17-13)18(2)9-14-16-7-8-19(14)12-3-4-12/h5-8,10-12H,3-4,9H2,1-2H3/t11-/m0/s1. The summed E-state index contributed by atoms with van der Waals surface area (Å²) in [5.41, 5.74) is 1.04. The van der Waals surface area contributed by atoms with Crippen molar-refractivity contribution in [2.75, 3.05) is 7.05 Å². The Morgan fingerprint density at radius 1 is 1.37 bits per heavy atom. The van der Waals surface area contributed by atoms with Crippen LogP contribution in [0.3, 0.4) is 0 Å².